The molecule has 0 saturated heterocycles. The topological polar surface area (TPSA) is 0 Å². The first-order valence-electron chi connectivity index (χ1n) is 0.239. The Morgan fingerprint density at radius 2 is 1.25 bits per heavy atom. The Morgan fingerprint density at radius 3 is 1.25 bits per heavy atom. The van der Waals surface area contributed by atoms with Gasteiger partial charge in [0.25, 0.3) is 0 Å². The average molecular weight is 281 g/mol. The number of hydrogen-bond acceptors (Lipinski definition) is 0. The molecule has 0 spiro atoms. The van der Waals surface area contributed by atoms with E-state index in [0.717, 1.165) is 0 Å². The van der Waals surface area contributed by atoms with Gasteiger partial charge in [-0.25, -0.2) is 0 Å². The van der Waals surface area contributed by atoms with Crippen LogP contribution in [0, 0.1) is 7.43 Å². The number of rotatable bonds is 0. The van der Waals surface area contributed by atoms with E-state index in [0.29, 0.717) is 0 Å². The van der Waals surface area contributed by atoms with E-state index in [-0.39, 0.29) is 7.43 Å². The third-order valence-corrected chi connectivity index (χ3v) is 0. The third-order valence-electron chi connectivity index (χ3n) is 0. The molecular weight excluding hydrogens is 278 g/mol. The molecule has 4 heavy (non-hydrogen) atoms. The van der Waals surface area contributed by atoms with Crippen molar-refractivity contribution < 1.29 is 16.5 Å². The first-order chi connectivity index (χ1) is 1.41. The second kappa shape index (κ2) is 8.91. The average Bonchev–Trinajstić information content (AvgIpc) is 0.918. The summed E-state index contributed by atoms with van der Waals surface area (Å²) in [5, 5.41) is 0. The van der Waals surface area contributed by atoms with Crippen molar-refractivity contribution in [2.75, 3.05) is 0 Å². The molecule has 0 aliphatic carbocycles. The fourth-order valence-electron chi connectivity index (χ4n) is 0. The van der Waals surface area contributed by atoms with Crippen molar-refractivity contribution in [3.05, 3.63) is 7.43 Å². The molecule has 0 saturated carbocycles. The molecule has 0 N–H and O–H groups in total. The van der Waals surface area contributed by atoms with Crippen LogP contribution in [0.1, 0.15) is 0 Å². The van der Waals surface area contributed by atoms with Gasteiger partial charge in [0.15, 0.2) is 0 Å². The summed E-state index contributed by atoms with van der Waals surface area (Å²) in [5.74, 6) is 0. The first kappa shape index (κ1) is 8.93. The number of hydrogen-bond donors (Lipinski definition) is 0. The van der Waals surface area contributed by atoms with Crippen LogP contribution < -0.4 is 0 Å². The Bertz CT molecular complexity index is 6.00. The zero-order chi connectivity index (χ0) is 2.71. The predicted octanol–water partition coefficient (Wildman–Crippen LogP) is 1.83. The second-order valence-corrected chi connectivity index (χ2v) is 3.33. The van der Waals surface area contributed by atoms with Crippen LogP contribution in [0.3, 0.4) is 0 Å². The van der Waals surface area contributed by atoms with Gasteiger partial charge in [0.2, 0.25) is 0 Å². The van der Waals surface area contributed by atoms with Crippen LogP contribution in [-0.4, -0.2) is 0 Å². The zero-order valence-electron chi connectivity index (χ0n) is 2.07. The summed E-state index contributed by atoms with van der Waals surface area (Å²) < 4.78 is 0. The SMILES string of the molecule is [CH3+].[Cl][Pt][Cl]. The van der Waals surface area contributed by atoms with Crippen molar-refractivity contribution in [3.63, 3.8) is 0 Å². The van der Waals surface area contributed by atoms with Crippen molar-refractivity contribution in [2.24, 2.45) is 0 Å². The van der Waals surface area contributed by atoms with Crippen LogP contribution in [-0.2, 0) is 16.5 Å². The molecule has 0 atom stereocenters. The van der Waals surface area contributed by atoms with E-state index < -0.39 is 16.5 Å². The molecule has 0 amide bonds. The summed E-state index contributed by atoms with van der Waals surface area (Å²) in [4.78, 5) is 0. The molecule has 0 unspecified atom stereocenters. The van der Waals surface area contributed by atoms with E-state index in [1.165, 1.54) is 0 Å². The minimum absolute atomic E-state index is 0. The monoisotopic (exact) mass is 280 g/mol. The van der Waals surface area contributed by atoms with Crippen molar-refractivity contribution >= 4 is 18.8 Å². The molecule has 0 radical (unpaired) electrons. The first-order valence-corrected chi connectivity index (χ1v) is 5.87. The summed E-state index contributed by atoms with van der Waals surface area (Å²) in [7, 11) is 9.75. The van der Waals surface area contributed by atoms with Gasteiger partial charge in [0, 0.05) is 7.43 Å². The molecule has 0 bridgehead atoms. The van der Waals surface area contributed by atoms with Crippen LogP contribution in [0.15, 0.2) is 0 Å². The molecule has 0 fully saturated rings. The van der Waals surface area contributed by atoms with Gasteiger partial charge in [-0.1, -0.05) is 0 Å². The summed E-state index contributed by atoms with van der Waals surface area (Å²) >= 11 is -0.472. The Labute approximate surface area is 42.9 Å². The molecule has 0 aromatic heterocycles. The normalized spacial score (nSPS) is 5.50. The van der Waals surface area contributed by atoms with Crippen molar-refractivity contribution in [3.8, 4) is 0 Å². The molecule has 30 valence electrons. The van der Waals surface area contributed by atoms with E-state index in [9.17, 15) is 0 Å². The molecule has 3 heteroatoms. The van der Waals surface area contributed by atoms with Crippen LogP contribution in [0.5, 0.6) is 0 Å². The molecule has 0 aliphatic heterocycles. The van der Waals surface area contributed by atoms with Gasteiger partial charge >= 0.3 is 35.3 Å². The number of halogens is 2. The van der Waals surface area contributed by atoms with E-state index in [4.69, 9.17) is 18.8 Å². The van der Waals surface area contributed by atoms with Gasteiger partial charge in [0.1, 0.15) is 0 Å². The Balaban J connectivity index is 0. The molecule has 0 aromatic rings. The summed E-state index contributed by atoms with van der Waals surface area (Å²) in [6, 6.07) is 0. The van der Waals surface area contributed by atoms with E-state index >= 15 is 0 Å². The van der Waals surface area contributed by atoms with Gasteiger partial charge in [0.05, 0.1) is 0 Å². The Hall–Kier alpha value is 1.14. The van der Waals surface area contributed by atoms with Crippen LogP contribution in [0.25, 0.3) is 0 Å². The summed E-state index contributed by atoms with van der Waals surface area (Å²) in [6.45, 7) is 0. The Kier molecular flexibility index (Phi) is 19.9. The quantitative estimate of drug-likeness (QED) is 0.594. The van der Waals surface area contributed by atoms with Gasteiger partial charge in [-0.3, -0.25) is 0 Å². The van der Waals surface area contributed by atoms with E-state index in [2.05, 4.69) is 0 Å². The molecule has 0 aromatic carbocycles. The minimum atomic E-state index is -0.472. The zero-order valence-corrected chi connectivity index (χ0v) is 5.86. The molecule has 0 aliphatic rings. The summed E-state index contributed by atoms with van der Waals surface area (Å²) in [6.07, 6.45) is 0. The van der Waals surface area contributed by atoms with Crippen LogP contribution >= 0.6 is 18.8 Å². The molecule has 0 heterocycles. The maximum atomic E-state index is 4.88. The van der Waals surface area contributed by atoms with E-state index in [1.54, 1.807) is 0 Å². The molecule has 0 rings (SSSR count). The fourth-order valence-corrected chi connectivity index (χ4v) is 0. The standard InChI is InChI=1S/CH3.2ClH.Pt/h1H3;2*1H;/q+1;;;+2/p-2. The van der Waals surface area contributed by atoms with E-state index in [1.807, 2.05) is 0 Å². The van der Waals surface area contributed by atoms with Crippen LogP contribution in [0.4, 0.5) is 0 Å². The molecular formula is CH3Cl2Pt+. The maximum absolute atomic E-state index is 4.88. The summed E-state index contributed by atoms with van der Waals surface area (Å²) in [5.41, 5.74) is 0. The van der Waals surface area contributed by atoms with Gasteiger partial charge in [-0.2, -0.15) is 0 Å². The second-order valence-electron chi connectivity index (χ2n) is 0.0452. The van der Waals surface area contributed by atoms with Crippen molar-refractivity contribution in [1.82, 2.24) is 0 Å². The Morgan fingerprint density at radius 1 is 1.25 bits per heavy atom. The van der Waals surface area contributed by atoms with Crippen molar-refractivity contribution in [2.45, 2.75) is 0 Å². The van der Waals surface area contributed by atoms with Crippen molar-refractivity contribution in [1.29, 1.82) is 0 Å². The fraction of sp³-hybridized carbons (Fsp3) is 0. The van der Waals surface area contributed by atoms with Gasteiger partial charge in [-0.05, 0) is 0 Å². The predicted molar refractivity (Wildman–Crippen MR) is 18.1 cm³/mol. The van der Waals surface area contributed by atoms with Gasteiger partial charge in [-0.15, -0.1) is 0 Å². The van der Waals surface area contributed by atoms with Crippen LogP contribution in [0.2, 0.25) is 0 Å². The molecule has 0 nitrogen and oxygen atoms in total. The van der Waals surface area contributed by atoms with Gasteiger partial charge < -0.3 is 0 Å². The third kappa shape index (κ3) is 11.1.